The fourth-order valence-corrected chi connectivity index (χ4v) is 4.66. The zero-order chi connectivity index (χ0) is 46.2. The van der Waals surface area contributed by atoms with E-state index in [4.69, 9.17) is 0 Å². The number of hydrogen-bond donors (Lipinski definition) is 18. The van der Waals surface area contributed by atoms with Crippen molar-refractivity contribution in [1.82, 2.24) is 75.8 Å². The van der Waals surface area contributed by atoms with E-state index in [-0.39, 0.29) is 0 Å². The molecule has 0 aliphatic carbocycles. The van der Waals surface area contributed by atoms with Crippen LogP contribution in [-0.4, -0.2) is 217 Å². The lowest BCUT2D eigenvalue weighted by Crippen LogP contribution is -2.34. The van der Waals surface area contributed by atoms with Crippen LogP contribution < -0.4 is 45.3 Å². The Kier molecular flexibility index (Phi) is 19.0. The number of nitrogens with one attached hydrogen (secondary N) is 3. The molecule has 4 rings (SSSR count). The summed E-state index contributed by atoms with van der Waals surface area (Å²) in [4.78, 5) is 53.6. The molecule has 36 heteroatoms. The van der Waals surface area contributed by atoms with Crippen molar-refractivity contribution >= 4 is 53.5 Å². The predicted octanol–water partition coefficient (Wildman–Crippen LogP) is -10.6. The molecule has 0 amide bonds. The second-order valence-corrected chi connectivity index (χ2v) is 11.6. The third-order valence-corrected chi connectivity index (χ3v) is 7.82. The van der Waals surface area contributed by atoms with E-state index in [9.17, 15) is 76.6 Å². The molecule has 0 radical (unpaired) electrons. The van der Waals surface area contributed by atoms with Crippen LogP contribution in [-0.2, 0) is 0 Å². The Morgan fingerprint density at radius 1 is 0.286 bits per heavy atom. The van der Waals surface area contributed by atoms with Crippen molar-refractivity contribution in [3.63, 3.8) is 0 Å². The first-order chi connectivity index (χ1) is 30.4. The molecular weight excluding hydrogens is 858 g/mol. The van der Waals surface area contributed by atoms with E-state index < -0.39 is 170 Å². The first-order valence-electron chi connectivity index (χ1n) is 17.6. The standard InChI is InChI=1S/C27H45N21O15/c49-1-28-16(61)13-31-14(17(62)29-2-50)34-22(33-13)46(10-58)25-40-26(47(11-59)23-35-15(18(63)30-3-51)32-19(37-23)43(4-52)5-53)42-27(41-25)48(12-60)24-38-20(44(6-54)7-55)36-21(39-24)45(8-56)9-57/h16-18,28-30,49-63H,1-12H2. The summed E-state index contributed by atoms with van der Waals surface area (Å²) in [6, 6.07) is 0. The molecule has 0 aliphatic rings. The Hall–Kier alpha value is -5.88. The van der Waals surface area contributed by atoms with Crippen LogP contribution in [0.25, 0.3) is 0 Å². The number of aliphatic hydroxyl groups excluding tert-OH is 15. The van der Waals surface area contributed by atoms with Gasteiger partial charge in [0.2, 0.25) is 53.5 Å². The molecule has 18 N–H and O–H groups in total. The van der Waals surface area contributed by atoms with E-state index in [0.29, 0.717) is 14.7 Å². The van der Waals surface area contributed by atoms with Crippen LogP contribution in [0.5, 0.6) is 0 Å². The molecule has 0 aromatic carbocycles. The highest BCUT2D eigenvalue weighted by molar-refractivity contribution is 5.61. The summed E-state index contributed by atoms with van der Waals surface area (Å²) in [5.74, 6) is -7.36. The monoisotopic (exact) mass is 903 g/mol. The maximum atomic E-state index is 10.8. The summed E-state index contributed by atoms with van der Waals surface area (Å²) in [6.45, 7) is -11.3. The van der Waals surface area contributed by atoms with Gasteiger partial charge in [0.1, 0.15) is 60.6 Å². The van der Waals surface area contributed by atoms with Crippen LogP contribution >= 0.6 is 0 Å². The van der Waals surface area contributed by atoms with Crippen molar-refractivity contribution in [3.8, 4) is 0 Å². The van der Waals surface area contributed by atoms with Gasteiger partial charge in [0.25, 0.3) is 0 Å². The molecule has 4 aromatic heterocycles. The molecule has 0 fully saturated rings. The minimum Gasteiger partial charge on any atom is -0.381 e. The second-order valence-electron chi connectivity index (χ2n) is 11.6. The molecule has 348 valence electrons. The summed E-state index contributed by atoms with van der Waals surface area (Å²) in [5.41, 5.74) is 0. The van der Waals surface area contributed by atoms with Crippen molar-refractivity contribution in [2.24, 2.45) is 0 Å². The topological polar surface area (TPSA) is 514 Å². The molecule has 3 atom stereocenters. The van der Waals surface area contributed by atoms with Crippen LogP contribution in [0.15, 0.2) is 0 Å². The lowest BCUT2D eigenvalue weighted by Gasteiger charge is -2.27. The lowest BCUT2D eigenvalue weighted by molar-refractivity contribution is 0.0808. The zero-order valence-corrected chi connectivity index (χ0v) is 32.5. The van der Waals surface area contributed by atoms with Gasteiger partial charge in [-0.2, -0.15) is 54.8 Å². The quantitative estimate of drug-likeness (QED) is 0.0247. The second kappa shape index (κ2) is 24.1. The van der Waals surface area contributed by atoms with Crippen LogP contribution in [0.3, 0.4) is 0 Å². The zero-order valence-electron chi connectivity index (χ0n) is 32.5. The Labute approximate surface area is 352 Å². The van der Waals surface area contributed by atoms with Gasteiger partial charge < -0.3 is 76.6 Å². The third kappa shape index (κ3) is 12.0. The SMILES string of the molecule is OCNC(O)c1nc(C(O)NCO)nc(N(CO)c2nc(N(CO)c3nc(C(O)NCO)nc(N(CO)CO)n3)nc(N(CO)c3nc(N(CO)CO)nc(N(CO)CO)n3)n2)n1. The van der Waals surface area contributed by atoms with E-state index >= 15 is 0 Å². The van der Waals surface area contributed by atoms with Gasteiger partial charge >= 0.3 is 0 Å². The van der Waals surface area contributed by atoms with E-state index in [2.05, 4.69) is 75.8 Å². The first kappa shape index (κ1) is 49.8. The van der Waals surface area contributed by atoms with E-state index in [1.807, 2.05) is 0 Å². The molecule has 0 saturated heterocycles. The van der Waals surface area contributed by atoms with Crippen molar-refractivity contribution < 1.29 is 76.6 Å². The minimum absolute atomic E-state index is 0.498. The molecule has 0 bridgehead atoms. The molecule has 3 unspecified atom stereocenters. The smallest absolute Gasteiger partial charge is 0.240 e. The number of nitrogens with zero attached hydrogens (tertiary/aromatic N) is 18. The summed E-state index contributed by atoms with van der Waals surface area (Å²) < 4.78 is 0. The number of aromatic nitrogens is 12. The lowest BCUT2D eigenvalue weighted by atomic mass is 10.4. The predicted molar refractivity (Wildman–Crippen MR) is 202 cm³/mol. The molecule has 0 spiro atoms. The van der Waals surface area contributed by atoms with Crippen molar-refractivity contribution in [1.29, 1.82) is 0 Å². The Balaban J connectivity index is 2.10. The summed E-state index contributed by atoms with van der Waals surface area (Å²) in [7, 11) is 0. The molecule has 4 aromatic rings. The summed E-state index contributed by atoms with van der Waals surface area (Å²) in [5, 5.41) is 158. The van der Waals surface area contributed by atoms with Gasteiger partial charge in [-0.15, -0.1) is 0 Å². The van der Waals surface area contributed by atoms with Gasteiger partial charge in [-0.05, 0) is 0 Å². The Morgan fingerprint density at radius 2 is 0.492 bits per heavy atom. The Bertz CT molecular complexity index is 1970. The maximum absolute atomic E-state index is 10.8. The van der Waals surface area contributed by atoms with Gasteiger partial charge in [-0.25, -0.2) is 4.98 Å². The normalized spacial score (nSPS) is 12.8. The number of anilines is 9. The maximum Gasteiger partial charge on any atom is 0.240 e. The van der Waals surface area contributed by atoms with Gasteiger partial charge in [-0.1, -0.05) is 0 Å². The summed E-state index contributed by atoms with van der Waals surface area (Å²) in [6.07, 6.45) is -5.53. The number of rotatable bonds is 27. The van der Waals surface area contributed by atoms with Crippen molar-refractivity contribution in [3.05, 3.63) is 17.5 Å². The fourth-order valence-electron chi connectivity index (χ4n) is 4.66. The van der Waals surface area contributed by atoms with Gasteiger partial charge in [-0.3, -0.25) is 45.3 Å². The van der Waals surface area contributed by atoms with E-state index in [1.54, 1.807) is 0 Å². The molecule has 4 heterocycles. The van der Waals surface area contributed by atoms with Crippen LogP contribution in [0.4, 0.5) is 53.5 Å². The van der Waals surface area contributed by atoms with Gasteiger partial charge in [0.15, 0.2) is 36.2 Å². The first-order valence-corrected chi connectivity index (χ1v) is 17.6. The van der Waals surface area contributed by atoms with Gasteiger partial charge in [0.05, 0.1) is 20.2 Å². The van der Waals surface area contributed by atoms with E-state index in [0.717, 1.165) is 14.7 Å². The highest BCUT2D eigenvalue weighted by Crippen LogP contribution is 2.30. The largest absolute Gasteiger partial charge is 0.381 e. The van der Waals surface area contributed by atoms with Crippen LogP contribution in [0.2, 0.25) is 0 Å². The molecule has 36 nitrogen and oxygen atoms in total. The minimum atomic E-state index is -1.85. The highest BCUT2D eigenvalue weighted by atomic mass is 16.3. The van der Waals surface area contributed by atoms with Crippen LogP contribution in [0.1, 0.15) is 36.2 Å². The number of hydrogen-bond acceptors (Lipinski definition) is 36. The molecule has 0 aliphatic heterocycles. The van der Waals surface area contributed by atoms with Crippen molar-refractivity contribution in [2.45, 2.75) is 18.7 Å². The van der Waals surface area contributed by atoms with Crippen LogP contribution in [0, 0.1) is 0 Å². The highest BCUT2D eigenvalue weighted by Gasteiger charge is 2.30. The molecule has 63 heavy (non-hydrogen) atoms. The average Bonchev–Trinajstić information content (AvgIpc) is 3.28. The van der Waals surface area contributed by atoms with Crippen molar-refractivity contribution in [2.75, 3.05) is 110 Å². The Morgan fingerprint density at radius 3 is 0.762 bits per heavy atom. The number of aliphatic hydroxyl groups is 15. The molecular formula is C27H45N21O15. The van der Waals surface area contributed by atoms with E-state index in [1.165, 1.54) is 0 Å². The fraction of sp³-hybridized carbons (Fsp3) is 0.556. The third-order valence-electron chi connectivity index (χ3n) is 7.82. The van der Waals surface area contributed by atoms with Gasteiger partial charge in [0, 0.05) is 0 Å². The average molecular weight is 904 g/mol. The summed E-state index contributed by atoms with van der Waals surface area (Å²) >= 11 is 0. The molecule has 0 saturated carbocycles.